The van der Waals surface area contributed by atoms with E-state index in [0.29, 0.717) is 0 Å². The van der Waals surface area contributed by atoms with Gasteiger partial charge < -0.3 is 11.2 Å². The molecule has 0 atom stereocenters. The van der Waals surface area contributed by atoms with Crippen LogP contribution in [0.15, 0.2) is 0 Å². The van der Waals surface area contributed by atoms with Crippen LogP contribution in [0.1, 0.15) is 0 Å². The zero-order valence-electron chi connectivity index (χ0n) is 2.15. The minimum atomic E-state index is 0. The first kappa shape index (κ1) is 23.5. The van der Waals surface area contributed by atoms with Crippen molar-refractivity contribution in [3.8, 4) is 0 Å². The summed E-state index contributed by atoms with van der Waals surface area (Å²) in [4.78, 5) is 0. The van der Waals surface area contributed by atoms with E-state index in [9.17, 15) is 0 Å². The van der Waals surface area contributed by atoms with Gasteiger partial charge in [-0.05, 0) is 0 Å². The maximum atomic E-state index is 7.00. The molecule has 4 heavy (non-hydrogen) atoms. The summed E-state index contributed by atoms with van der Waals surface area (Å²) in [6.45, 7) is 0. The molecule has 2 nitrogen and oxygen atoms in total. The van der Waals surface area contributed by atoms with Gasteiger partial charge in [0.15, 0.2) is 0 Å². The third kappa shape index (κ3) is 19.1. The molecule has 0 aliphatic heterocycles. The van der Waals surface area contributed by atoms with E-state index in [4.69, 9.17) is 5.02 Å². The molecule has 4 heteroatoms. The first-order valence-electron chi connectivity index (χ1n) is 0.447. The summed E-state index contributed by atoms with van der Waals surface area (Å²) in [5, 5.41) is 7.00. The molecule has 0 fully saturated rings. The van der Waals surface area contributed by atoms with Crippen molar-refractivity contribution in [3.63, 3.8) is 0 Å². The van der Waals surface area contributed by atoms with Crippen molar-refractivity contribution in [2.75, 3.05) is 0 Å². The molecule has 0 heterocycles. The summed E-state index contributed by atoms with van der Waals surface area (Å²) in [5.41, 5.74) is 0. The van der Waals surface area contributed by atoms with Crippen LogP contribution in [-0.2, 0) is 0 Å². The first-order valence-corrected chi connectivity index (χ1v) is 0.447. The van der Waals surface area contributed by atoms with Crippen LogP contribution in [0.5, 0.6) is 0 Å². The quantitative estimate of drug-likeness (QED) is 0.316. The van der Waals surface area contributed by atoms with Crippen LogP contribution in [0.4, 0.5) is 0 Å². The van der Waals surface area contributed by atoms with Crippen LogP contribution in [0.2, 0.25) is 0 Å². The summed E-state index contributed by atoms with van der Waals surface area (Å²) in [7, 11) is 1.00. The van der Waals surface area contributed by atoms with Gasteiger partial charge in [0.2, 0.25) is 0 Å². The van der Waals surface area contributed by atoms with Crippen molar-refractivity contribution >= 4 is 26.9 Å². The second kappa shape index (κ2) is 70.4. The fourth-order valence-electron chi connectivity index (χ4n) is 0. The Morgan fingerprint density at radius 1 is 1.25 bits per heavy atom. The molecule has 0 aromatic rings. The molecule has 0 aliphatic rings. The Labute approximate surface area is 38.8 Å². The van der Waals surface area contributed by atoms with Gasteiger partial charge in [-0.1, -0.05) is 0 Å². The molecule has 0 radical (unpaired) electrons. The fourth-order valence-corrected chi connectivity index (χ4v) is 0. The van der Waals surface area contributed by atoms with Gasteiger partial charge in [0, 0.05) is 0 Å². The molecule has 0 saturated heterocycles. The van der Waals surface area contributed by atoms with Gasteiger partial charge in [-0.15, -0.1) is 0 Å². The second-order valence-corrected chi connectivity index (χ2v) is 0. The third-order valence-corrected chi connectivity index (χ3v) is 0. The Kier molecular flexibility index (Phi) is 414. The van der Waals surface area contributed by atoms with Crippen LogP contribution in [-0.4, -0.2) is 31.9 Å². The number of rotatable bonds is 0. The van der Waals surface area contributed by atoms with Gasteiger partial charge in [0.1, 0.15) is 0 Å². The molecule has 0 saturated carbocycles. The molecule has 22 valence electrons. The first-order chi connectivity index (χ1) is 1.00. The van der Waals surface area contributed by atoms with E-state index >= 15 is 0 Å². The van der Waals surface area contributed by atoms with Crippen LogP contribution >= 0.6 is 0 Å². The Hall–Kier alpha value is 0.582. The zero-order valence-corrected chi connectivity index (χ0v) is 2.15. The van der Waals surface area contributed by atoms with Gasteiger partial charge in [0.25, 0.3) is 8.05 Å². The molecular formula is H7BLiNO. The molecule has 0 aliphatic carbocycles. The van der Waals surface area contributed by atoms with E-state index in [2.05, 4.69) is 0 Å². The van der Waals surface area contributed by atoms with E-state index in [1.807, 2.05) is 0 Å². The number of hydrogen-bond acceptors (Lipinski definition) is 2. The predicted molar refractivity (Wildman–Crippen MR) is 22.9 cm³/mol. The SMILES string of the molecule is BO.N.[LiH]. The summed E-state index contributed by atoms with van der Waals surface area (Å²) in [6, 6.07) is 0. The van der Waals surface area contributed by atoms with Crippen molar-refractivity contribution in [1.29, 1.82) is 0 Å². The van der Waals surface area contributed by atoms with Crippen molar-refractivity contribution in [2.24, 2.45) is 0 Å². The standard InChI is InChI=1S/BH3O.Li.H3N.H/c1-2;;;/h2H,1H2;;1H3;. The van der Waals surface area contributed by atoms with Crippen LogP contribution in [0.25, 0.3) is 0 Å². The van der Waals surface area contributed by atoms with Crippen molar-refractivity contribution in [3.05, 3.63) is 0 Å². The molecule has 0 spiro atoms. The molecular weight excluding hydrogens is 47.8 g/mol. The van der Waals surface area contributed by atoms with E-state index in [0.717, 1.165) is 8.05 Å². The normalized spacial score (nSPS) is 1.25. The van der Waals surface area contributed by atoms with Gasteiger partial charge in [-0.25, -0.2) is 0 Å². The monoisotopic (exact) mass is 55.1 g/mol. The molecule has 0 amide bonds. The fraction of sp³-hybridized carbons (Fsp3) is 0. The zero-order chi connectivity index (χ0) is 2.00. The molecule has 0 rings (SSSR count). The van der Waals surface area contributed by atoms with E-state index < -0.39 is 0 Å². The van der Waals surface area contributed by atoms with Crippen molar-refractivity contribution < 1.29 is 5.02 Å². The molecule has 4 N–H and O–H groups in total. The van der Waals surface area contributed by atoms with Crippen LogP contribution < -0.4 is 6.15 Å². The molecule has 0 bridgehead atoms. The molecule has 0 aromatic heterocycles. The van der Waals surface area contributed by atoms with E-state index in [1.165, 1.54) is 0 Å². The summed E-state index contributed by atoms with van der Waals surface area (Å²) < 4.78 is 0. The van der Waals surface area contributed by atoms with Gasteiger partial charge >= 0.3 is 18.9 Å². The summed E-state index contributed by atoms with van der Waals surface area (Å²) >= 11 is 0. The average molecular weight is 54.8 g/mol. The topological polar surface area (TPSA) is 55.2 Å². The van der Waals surface area contributed by atoms with Crippen molar-refractivity contribution in [2.45, 2.75) is 0 Å². The van der Waals surface area contributed by atoms with Crippen LogP contribution in [0, 0.1) is 0 Å². The molecule has 0 unspecified atom stereocenters. The third-order valence-electron chi connectivity index (χ3n) is 0. The number of hydrogen-bond donors (Lipinski definition) is 2. The predicted octanol–water partition coefficient (Wildman–Crippen LogP) is -1.96. The second-order valence-electron chi connectivity index (χ2n) is 0. The summed E-state index contributed by atoms with van der Waals surface area (Å²) in [5.74, 6) is 0. The summed E-state index contributed by atoms with van der Waals surface area (Å²) in [6.07, 6.45) is 0. The van der Waals surface area contributed by atoms with Crippen LogP contribution in [0.3, 0.4) is 0 Å². The Bertz CT molecular complexity index is 8.00. The Morgan fingerprint density at radius 3 is 1.25 bits per heavy atom. The Balaban J connectivity index is -0.00000000500. The van der Waals surface area contributed by atoms with Gasteiger partial charge in [-0.2, -0.15) is 0 Å². The van der Waals surface area contributed by atoms with Crippen molar-refractivity contribution in [1.82, 2.24) is 6.15 Å². The minimum absolute atomic E-state index is 0. The van der Waals surface area contributed by atoms with Gasteiger partial charge in [-0.3, -0.25) is 0 Å². The average Bonchev–Trinajstić information content (AvgIpc) is 1.00. The Morgan fingerprint density at radius 2 is 1.25 bits per heavy atom. The molecule has 0 aromatic carbocycles. The van der Waals surface area contributed by atoms with Gasteiger partial charge in [0.05, 0.1) is 0 Å². The van der Waals surface area contributed by atoms with E-state index in [1.54, 1.807) is 0 Å². The van der Waals surface area contributed by atoms with E-state index in [-0.39, 0.29) is 25.0 Å². The maximum absolute atomic E-state index is 7.00.